The normalized spacial score (nSPS) is 15.4. The lowest BCUT2D eigenvalue weighted by molar-refractivity contribution is -0.121. The monoisotopic (exact) mass is 262 g/mol. The average Bonchev–Trinajstić information content (AvgIpc) is 2.90. The maximum absolute atomic E-state index is 12.3. The quantitative estimate of drug-likeness (QED) is 0.817. The summed E-state index contributed by atoms with van der Waals surface area (Å²) in [6.07, 6.45) is 3.91. The molecule has 5 heteroatoms. The molecule has 0 spiro atoms. The van der Waals surface area contributed by atoms with Crippen LogP contribution >= 0.6 is 0 Å². The number of carboxylic acid groups (broad SMARTS) is 1. The van der Waals surface area contributed by atoms with Gasteiger partial charge in [-0.25, -0.2) is 4.79 Å². The highest BCUT2D eigenvalue weighted by molar-refractivity contribution is 6.03. The summed E-state index contributed by atoms with van der Waals surface area (Å²) >= 11 is 0. The Kier molecular flexibility index (Phi) is 3.74. The summed E-state index contributed by atoms with van der Waals surface area (Å²) in [6, 6.07) is 4.59. The molecule has 0 heterocycles. The third-order valence-corrected chi connectivity index (χ3v) is 3.65. The SMILES string of the molecule is CN(C(=O)C1CCCC1)c1ccc(N)cc1C(=O)O. The zero-order chi connectivity index (χ0) is 14.0. The van der Waals surface area contributed by atoms with Gasteiger partial charge in [-0.15, -0.1) is 0 Å². The van der Waals surface area contributed by atoms with Gasteiger partial charge in [-0.05, 0) is 31.0 Å². The van der Waals surface area contributed by atoms with E-state index in [2.05, 4.69) is 0 Å². The van der Waals surface area contributed by atoms with Crippen molar-refractivity contribution in [1.29, 1.82) is 0 Å². The molecule has 0 saturated heterocycles. The Bertz CT molecular complexity index is 507. The van der Waals surface area contributed by atoms with E-state index in [1.54, 1.807) is 19.2 Å². The third-order valence-electron chi connectivity index (χ3n) is 3.65. The van der Waals surface area contributed by atoms with Crippen molar-refractivity contribution >= 4 is 23.3 Å². The van der Waals surface area contributed by atoms with E-state index in [0.717, 1.165) is 25.7 Å². The molecule has 1 fully saturated rings. The minimum absolute atomic E-state index is 0.00947. The molecule has 0 aromatic heterocycles. The fraction of sp³-hybridized carbons (Fsp3) is 0.429. The van der Waals surface area contributed by atoms with Crippen LogP contribution in [0.25, 0.3) is 0 Å². The van der Waals surface area contributed by atoms with Crippen LogP contribution in [-0.2, 0) is 4.79 Å². The summed E-state index contributed by atoms with van der Waals surface area (Å²) in [6.45, 7) is 0. The Hall–Kier alpha value is -2.04. The van der Waals surface area contributed by atoms with Gasteiger partial charge in [0.1, 0.15) is 0 Å². The van der Waals surface area contributed by atoms with E-state index in [9.17, 15) is 14.7 Å². The van der Waals surface area contributed by atoms with Crippen LogP contribution in [0.15, 0.2) is 18.2 Å². The molecule has 0 radical (unpaired) electrons. The number of carboxylic acids is 1. The van der Waals surface area contributed by atoms with Crippen LogP contribution < -0.4 is 10.6 Å². The lowest BCUT2D eigenvalue weighted by Crippen LogP contribution is -2.32. The van der Waals surface area contributed by atoms with Gasteiger partial charge in [0.2, 0.25) is 5.91 Å². The van der Waals surface area contributed by atoms with Gasteiger partial charge >= 0.3 is 5.97 Å². The van der Waals surface area contributed by atoms with Gasteiger partial charge in [-0.3, -0.25) is 4.79 Å². The Morgan fingerprint density at radius 3 is 2.53 bits per heavy atom. The lowest BCUT2D eigenvalue weighted by Gasteiger charge is -2.22. The van der Waals surface area contributed by atoms with Crippen LogP contribution in [0.1, 0.15) is 36.0 Å². The first kappa shape index (κ1) is 13.4. The van der Waals surface area contributed by atoms with Crippen molar-refractivity contribution < 1.29 is 14.7 Å². The Labute approximate surface area is 112 Å². The Balaban J connectivity index is 2.29. The van der Waals surface area contributed by atoms with Gasteiger partial charge in [0.25, 0.3) is 0 Å². The molecule has 0 unspecified atom stereocenters. The van der Waals surface area contributed by atoms with Crippen LogP contribution in [-0.4, -0.2) is 24.0 Å². The molecule has 1 aliphatic carbocycles. The summed E-state index contributed by atoms with van der Waals surface area (Å²) in [4.78, 5) is 25.0. The molecular weight excluding hydrogens is 244 g/mol. The molecule has 1 amide bonds. The van der Waals surface area contributed by atoms with E-state index in [0.29, 0.717) is 11.4 Å². The maximum atomic E-state index is 12.3. The highest BCUT2D eigenvalue weighted by Gasteiger charge is 2.27. The predicted molar refractivity (Wildman–Crippen MR) is 73.2 cm³/mol. The van der Waals surface area contributed by atoms with Crippen LogP contribution in [0.3, 0.4) is 0 Å². The van der Waals surface area contributed by atoms with Gasteiger partial charge in [-0.1, -0.05) is 12.8 Å². The molecular formula is C14H18N2O3. The molecule has 1 aromatic carbocycles. The molecule has 0 atom stereocenters. The van der Waals surface area contributed by atoms with Crippen molar-refractivity contribution in [3.63, 3.8) is 0 Å². The summed E-state index contributed by atoms with van der Waals surface area (Å²) in [7, 11) is 1.62. The number of carbonyl (C=O) groups is 2. The van der Waals surface area contributed by atoms with E-state index in [1.807, 2.05) is 0 Å². The number of nitrogens with zero attached hydrogens (tertiary/aromatic N) is 1. The van der Waals surface area contributed by atoms with E-state index >= 15 is 0 Å². The number of nitrogens with two attached hydrogens (primary N) is 1. The molecule has 102 valence electrons. The number of hydrogen-bond donors (Lipinski definition) is 2. The molecule has 1 aromatic rings. The minimum atomic E-state index is -1.08. The molecule has 5 nitrogen and oxygen atoms in total. The largest absolute Gasteiger partial charge is 0.478 e. The second kappa shape index (κ2) is 5.30. The number of amides is 1. The number of hydrogen-bond acceptors (Lipinski definition) is 3. The van der Waals surface area contributed by atoms with Gasteiger partial charge in [-0.2, -0.15) is 0 Å². The van der Waals surface area contributed by atoms with Crippen LogP contribution in [0.5, 0.6) is 0 Å². The maximum Gasteiger partial charge on any atom is 0.337 e. The van der Waals surface area contributed by atoms with Crippen molar-refractivity contribution in [1.82, 2.24) is 0 Å². The fourth-order valence-corrected chi connectivity index (χ4v) is 2.58. The molecule has 0 bridgehead atoms. The molecule has 1 saturated carbocycles. The van der Waals surface area contributed by atoms with Crippen molar-refractivity contribution in [3.05, 3.63) is 23.8 Å². The summed E-state index contributed by atoms with van der Waals surface area (Å²) < 4.78 is 0. The highest BCUT2D eigenvalue weighted by Crippen LogP contribution is 2.30. The van der Waals surface area contributed by atoms with Crippen molar-refractivity contribution in [2.24, 2.45) is 5.92 Å². The van der Waals surface area contributed by atoms with E-state index in [1.165, 1.54) is 11.0 Å². The van der Waals surface area contributed by atoms with Gasteiger partial charge in [0, 0.05) is 18.7 Å². The van der Waals surface area contributed by atoms with Crippen LogP contribution in [0.2, 0.25) is 0 Å². The highest BCUT2D eigenvalue weighted by atomic mass is 16.4. The second-order valence-electron chi connectivity index (χ2n) is 4.96. The van der Waals surface area contributed by atoms with Crippen molar-refractivity contribution in [3.8, 4) is 0 Å². The summed E-state index contributed by atoms with van der Waals surface area (Å²) in [5, 5.41) is 9.19. The number of aromatic carboxylic acids is 1. The standard InChI is InChI=1S/C14H18N2O3/c1-16(13(17)9-4-2-3-5-9)12-7-6-10(15)8-11(12)14(18)19/h6-9H,2-5,15H2,1H3,(H,18,19). The number of rotatable bonds is 3. The first-order valence-corrected chi connectivity index (χ1v) is 6.41. The first-order valence-electron chi connectivity index (χ1n) is 6.41. The topological polar surface area (TPSA) is 83.6 Å². The zero-order valence-electron chi connectivity index (χ0n) is 10.9. The van der Waals surface area contributed by atoms with Gasteiger partial charge in [0.15, 0.2) is 0 Å². The predicted octanol–water partition coefficient (Wildman–Crippen LogP) is 2.12. The van der Waals surface area contributed by atoms with E-state index in [-0.39, 0.29) is 17.4 Å². The van der Waals surface area contributed by atoms with Crippen LogP contribution in [0.4, 0.5) is 11.4 Å². The van der Waals surface area contributed by atoms with E-state index < -0.39 is 5.97 Å². The van der Waals surface area contributed by atoms with E-state index in [4.69, 9.17) is 5.73 Å². The zero-order valence-corrected chi connectivity index (χ0v) is 10.9. The van der Waals surface area contributed by atoms with Crippen LogP contribution in [0, 0.1) is 5.92 Å². The lowest BCUT2D eigenvalue weighted by atomic mass is 10.1. The number of benzene rings is 1. The third kappa shape index (κ3) is 2.70. The molecule has 0 aliphatic heterocycles. The summed E-state index contributed by atoms with van der Waals surface area (Å²) in [5.41, 5.74) is 6.44. The van der Waals surface area contributed by atoms with Crippen molar-refractivity contribution in [2.75, 3.05) is 17.7 Å². The smallest absolute Gasteiger partial charge is 0.337 e. The summed E-state index contributed by atoms with van der Waals surface area (Å²) in [5.74, 6) is -1.07. The molecule has 3 N–H and O–H groups in total. The Morgan fingerprint density at radius 1 is 1.32 bits per heavy atom. The molecule has 19 heavy (non-hydrogen) atoms. The van der Waals surface area contributed by atoms with Gasteiger partial charge < -0.3 is 15.7 Å². The Morgan fingerprint density at radius 2 is 1.95 bits per heavy atom. The van der Waals surface area contributed by atoms with Gasteiger partial charge in [0.05, 0.1) is 11.3 Å². The minimum Gasteiger partial charge on any atom is -0.478 e. The number of anilines is 2. The fourth-order valence-electron chi connectivity index (χ4n) is 2.58. The average molecular weight is 262 g/mol. The number of nitrogen functional groups attached to an aromatic ring is 1. The first-order chi connectivity index (χ1) is 9.00. The van der Waals surface area contributed by atoms with Crippen molar-refractivity contribution in [2.45, 2.75) is 25.7 Å². The molecule has 1 aliphatic rings. The molecule has 2 rings (SSSR count). The number of carbonyl (C=O) groups excluding carboxylic acids is 1. The second-order valence-corrected chi connectivity index (χ2v) is 4.96.